The fourth-order valence-electron chi connectivity index (χ4n) is 2.87. The molecule has 1 fully saturated rings. The highest BCUT2D eigenvalue weighted by molar-refractivity contribution is 5.66. The molecule has 1 aliphatic heterocycles. The van der Waals surface area contributed by atoms with Crippen LogP contribution in [-0.4, -0.2) is 56.9 Å². The third-order valence-corrected chi connectivity index (χ3v) is 4.44. The second kappa shape index (κ2) is 14.3. The largest absolute Gasteiger partial charge is 0.481 e. The minimum absolute atomic E-state index is 0.132. The number of ether oxygens (including phenoxy) is 1. The van der Waals surface area contributed by atoms with E-state index in [-0.39, 0.29) is 12.5 Å². The molecular weight excluding hydrogens is 360 g/mol. The predicted molar refractivity (Wildman–Crippen MR) is 109 cm³/mol. The summed E-state index contributed by atoms with van der Waals surface area (Å²) in [6.07, 6.45) is 15.2. The second-order valence-electron chi connectivity index (χ2n) is 6.92. The number of hydrogen-bond donors (Lipinski definition) is 4. The van der Waals surface area contributed by atoms with Crippen molar-refractivity contribution in [1.82, 2.24) is 0 Å². The van der Waals surface area contributed by atoms with Crippen LogP contribution in [0.2, 0.25) is 0 Å². The normalized spacial score (nSPS) is 25.5. The van der Waals surface area contributed by atoms with Crippen LogP contribution < -0.4 is 0 Å². The van der Waals surface area contributed by atoms with E-state index >= 15 is 0 Å². The Balaban J connectivity index is 2.32. The molecule has 158 valence electrons. The number of carbonyl (C=O) groups is 1. The third kappa shape index (κ3) is 10.6. The molecule has 1 aliphatic rings. The van der Waals surface area contributed by atoms with E-state index < -0.39 is 30.4 Å². The van der Waals surface area contributed by atoms with E-state index in [1.807, 2.05) is 43.4 Å². The van der Waals surface area contributed by atoms with Crippen molar-refractivity contribution in [2.24, 2.45) is 0 Å². The Morgan fingerprint density at radius 3 is 2.57 bits per heavy atom. The Morgan fingerprint density at radius 1 is 1.11 bits per heavy atom. The van der Waals surface area contributed by atoms with E-state index in [2.05, 4.69) is 0 Å². The van der Waals surface area contributed by atoms with Crippen LogP contribution in [0.5, 0.6) is 0 Å². The van der Waals surface area contributed by atoms with Crippen molar-refractivity contribution in [2.75, 3.05) is 0 Å². The standard InChI is InChI=1S/C22H34O6/c1-2-3-8-11-17(23)14-15-18(24)21-16-19(25)20(28-21)12-9-6-4-5-7-10-13-22(26)27/h3,5-9,14-15,17-21,23-25H,2,4,10-13,16H2,1H3,(H,26,27)/b7-5-,8-3-,9-6-,15-14+/t17-,18-,19-,20+,21-/m1/s1. The van der Waals surface area contributed by atoms with Gasteiger partial charge in [-0.3, -0.25) is 4.79 Å². The van der Waals surface area contributed by atoms with Crippen LogP contribution >= 0.6 is 0 Å². The summed E-state index contributed by atoms with van der Waals surface area (Å²) >= 11 is 0. The molecule has 0 radical (unpaired) electrons. The van der Waals surface area contributed by atoms with Gasteiger partial charge in [0.2, 0.25) is 0 Å². The van der Waals surface area contributed by atoms with Crippen molar-refractivity contribution in [3.8, 4) is 0 Å². The molecule has 0 bridgehead atoms. The van der Waals surface area contributed by atoms with Crippen molar-refractivity contribution in [2.45, 2.75) is 82.4 Å². The molecule has 0 aromatic heterocycles. The van der Waals surface area contributed by atoms with Gasteiger partial charge in [0.25, 0.3) is 0 Å². The van der Waals surface area contributed by atoms with Gasteiger partial charge in [0.05, 0.1) is 30.5 Å². The Morgan fingerprint density at radius 2 is 1.86 bits per heavy atom. The van der Waals surface area contributed by atoms with Gasteiger partial charge < -0.3 is 25.2 Å². The summed E-state index contributed by atoms with van der Waals surface area (Å²) in [6.45, 7) is 2.02. The first-order valence-corrected chi connectivity index (χ1v) is 9.98. The van der Waals surface area contributed by atoms with Crippen molar-refractivity contribution >= 4 is 5.97 Å². The maximum Gasteiger partial charge on any atom is 0.303 e. The van der Waals surface area contributed by atoms with Crippen LogP contribution in [0.3, 0.4) is 0 Å². The van der Waals surface area contributed by atoms with E-state index in [1.165, 1.54) is 6.08 Å². The number of aliphatic hydroxyl groups is 3. The minimum atomic E-state index is -0.870. The van der Waals surface area contributed by atoms with E-state index in [4.69, 9.17) is 9.84 Å². The van der Waals surface area contributed by atoms with Gasteiger partial charge in [-0.2, -0.15) is 0 Å². The zero-order valence-corrected chi connectivity index (χ0v) is 16.6. The summed E-state index contributed by atoms with van der Waals surface area (Å²) in [7, 11) is 0. The lowest BCUT2D eigenvalue weighted by Gasteiger charge is -2.16. The average molecular weight is 395 g/mol. The highest BCUT2D eigenvalue weighted by atomic mass is 16.5. The number of rotatable bonds is 13. The average Bonchev–Trinajstić information content (AvgIpc) is 3.02. The number of hydrogen-bond acceptors (Lipinski definition) is 5. The molecule has 4 N–H and O–H groups in total. The van der Waals surface area contributed by atoms with Gasteiger partial charge in [0, 0.05) is 12.8 Å². The van der Waals surface area contributed by atoms with Crippen molar-refractivity contribution in [3.05, 3.63) is 48.6 Å². The van der Waals surface area contributed by atoms with Crippen LogP contribution in [-0.2, 0) is 9.53 Å². The highest BCUT2D eigenvalue weighted by Crippen LogP contribution is 2.26. The Bertz CT molecular complexity index is 551. The molecule has 0 aromatic carbocycles. The maximum absolute atomic E-state index is 10.4. The summed E-state index contributed by atoms with van der Waals surface area (Å²) in [4.78, 5) is 10.4. The fraction of sp³-hybridized carbons (Fsp3) is 0.591. The lowest BCUT2D eigenvalue weighted by atomic mass is 10.0. The predicted octanol–water partition coefficient (Wildman–Crippen LogP) is 2.90. The molecule has 1 heterocycles. The van der Waals surface area contributed by atoms with Gasteiger partial charge in [-0.15, -0.1) is 0 Å². The minimum Gasteiger partial charge on any atom is -0.481 e. The van der Waals surface area contributed by atoms with E-state index in [0.717, 1.165) is 6.42 Å². The molecule has 0 aliphatic carbocycles. The second-order valence-corrected chi connectivity index (χ2v) is 6.92. The lowest BCUT2D eigenvalue weighted by Crippen LogP contribution is -2.24. The van der Waals surface area contributed by atoms with Gasteiger partial charge in [-0.25, -0.2) is 0 Å². The molecule has 0 unspecified atom stereocenters. The number of allylic oxidation sites excluding steroid dienone is 4. The molecule has 0 amide bonds. The monoisotopic (exact) mass is 394 g/mol. The molecule has 28 heavy (non-hydrogen) atoms. The van der Waals surface area contributed by atoms with Crippen molar-refractivity contribution in [3.63, 3.8) is 0 Å². The van der Waals surface area contributed by atoms with Gasteiger partial charge in [0.15, 0.2) is 0 Å². The molecule has 1 rings (SSSR count). The van der Waals surface area contributed by atoms with Crippen LogP contribution in [0.15, 0.2) is 48.6 Å². The summed E-state index contributed by atoms with van der Waals surface area (Å²) in [5.41, 5.74) is 0. The molecule has 0 saturated carbocycles. The SMILES string of the molecule is CC/C=C\C[C@@H](O)/C=C/[C@@H](O)[C@H]1C[C@@H](O)[C@H](C/C=C\C/C=C\CCC(=O)O)O1. The Labute approximate surface area is 167 Å². The van der Waals surface area contributed by atoms with Crippen LogP contribution in [0.25, 0.3) is 0 Å². The Kier molecular flexibility index (Phi) is 12.4. The summed E-state index contributed by atoms with van der Waals surface area (Å²) in [5.74, 6) is -0.804. The molecule has 5 atom stereocenters. The molecular formula is C22H34O6. The first kappa shape index (κ1) is 24.3. The zero-order chi connectivity index (χ0) is 20.8. The summed E-state index contributed by atoms with van der Waals surface area (Å²) in [6, 6.07) is 0. The number of carboxylic acid groups (broad SMARTS) is 1. The van der Waals surface area contributed by atoms with Gasteiger partial charge in [0.1, 0.15) is 0 Å². The van der Waals surface area contributed by atoms with Crippen molar-refractivity contribution in [1.29, 1.82) is 0 Å². The third-order valence-electron chi connectivity index (χ3n) is 4.44. The molecule has 6 heteroatoms. The molecule has 0 spiro atoms. The quantitative estimate of drug-likeness (QED) is 0.358. The summed E-state index contributed by atoms with van der Waals surface area (Å²) < 4.78 is 5.76. The van der Waals surface area contributed by atoms with E-state index in [1.54, 1.807) is 6.08 Å². The van der Waals surface area contributed by atoms with Gasteiger partial charge in [-0.05, 0) is 32.1 Å². The first-order valence-electron chi connectivity index (χ1n) is 9.98. The summed E-state index contributed by atoms with van der Waals surface area (Å²) in [5, 5.41) is 38.7. The number of carboxylic acids is 1. The Hall–Kier alpha value is -1.73. The molecule has 6 nitrogen and oxygen atoms in total. The highest BCUT2D eigenvalue weighted by Gasteiger charge is 2.36. The molecule has 0 aromatic rings. The smallest absolute Gasteiger partial charge is 0.303 e. The van der Waals surface area contributed by atoms with Gasteiger partial charge in [-0.1, -0.05) is 55.5 Å². The maximum atomic E-state index is 10.4. The number of aliphatic carboxylic acids is 1. The lowest BCUT2D eigenvalue weighted by molar-refractivity contribution is -0.136. The molecule has 1 saturated heterocycles. The topological polar surface area (TPSA) is 107 Å². The van der Waals surface area contributed by atoms with Crippen molar-refractivity contribution < 1.29 is 30.0 Å². The van der Waals surface area contributed by atoms with E-state index in [0.29, 0.717) is 32.1 Å². The number of aliphatic hydroxyl groups excluding tert-OH is 3. The fourth-order valence-corrected chi connectivity index (χ4v) is 2.87. The van der Waals surface area contributed by atoms with E-state index in [9.17, 15) is 20.1 Å². The zero-order valence-electron chi connectivity index (χ0n) is 16.6. The first-order chi connectivity index (χ1) is 13.4. The van der Waals surface area contributed by atoms with Crippen LogP contribution in [0.4, 0.5) is 0 Å². The van der Waals surface area contributed by atoms with Gasteiger partial charge >= 0.3 is 5.97 Å². The van der Waals surface area contributed by atoms with Crippen LogP contribution in [0, 0.1) is 0 Å². The van der Waals surface area contributed by atoms with Crippen LogP contribution in [0.1, 0.15) is 51.9 Å².